The van der Waals surface area contributed by atoms with Gasteiger partial charge in [0.25, 0.3) is 0 Å². The van der Waals surface area contributed by atoms with E-state index in [4.69, 9.17) is 0 Å². The van der Waals surface area contributed by atoms with Crippen LogP contribution in [0, 0.1) is 0 Å². The smallest absolute Gasteiger partial charge is 0.0427 e. The van der Waals surface area contributed by atoms with Gasteiger partial charge in [0.05, 0.1) is 0 Å². The molecular weight excluding hydrogens is 158 g/mol. The lowest BCUT2D eigenvalue weighted by molar-refractivity contribution is 0.983. The van der Waals surface area contributed by atoms with E-state index in [2.05, 4.69) is 41.4 Å². The highest BCUT2D eigenvalue weighted by Gasteiger charge is 1.99. The van der Waals surface area contributed by atoms with Crippen LogP contribution < -0.4 is 0 Å². The first-order valence-electron chi connectivity index (χ1n) is 4.69. The minimum absolute atomic E-state index is 0.957. The minimum atomic E-state index is 0.957. The molecule has 66 valence electrons. The molecule has 0 saturated heterocycles. The molecular formula is C12H13N. The fraction of sp³-hybridized carbons (Fsp3) is 0.250. The van der Waals surface area contributed by atoms with Crippen LogP contribution in [-0.4, -0.2) is 12.3 Å². The van der Waals surface area contributed by atoms with E-state index in [1.165, 1.54) is 11.3 Å². The SMILES string of the molecule is C1=CC(Cc2ccccc2)=NCC1. The molecule has 0 unspecified atom stereocenters. The van der Waals surface area contributed by atoms with E-state index in [-0.39, 0.29) is 0 Å². The zero-order valence-electron chi connectivity index (χ0n) is 7.61. The van der Waals surface area contributed by atoms with Crippen LogP contribution in [0.4, 0.5) is 0 Å². The summed E-state index contributed by atoms with van der Waals surface area (Å²) in [6.07, 6.45) is 6.40. The van der Waals surface area contributed by atoms with Gasteiger partial charge in [-0.3, -0.25) is 4.99 Å². The van der Waals surface area contributed by atoms with Crippen molar-refractivity contribution in [1.29, 1.82) is 0 Å². The van der Waals surface area contributed by atoms with Gasteiger partial charge in [-0.15, -0.1) is 0 Å². The van der Waals surface area contributed by atoms with Crippen molar-refractivity contribution >= 4 is 5.71 Å². The molecule has 0 spiro atoms. The van der Waals surface area contributed by atoms with Gasteiger partial charge in [-0.05, 0) is 18.1 Å². The first-order valence-corrected chi connectivity index (χ1v) is 4.69. The summed E-state index contributed by atoms with van der Waals surface area (Å²) in [5.41, 5.74) is 2.55. The van der Waals surface area contributed by atoms with Crippen LogP contribution in [0.1, 0.15) is 12.0 Å². The lowest BCUT2D eigenvalue weighted by Gasteiger charge is -2.05. The number of benzene rings is 1. The molecule has 0 amide bonds. The monoisotopic (exact) mass is 171 g/mol. The number of hydrogen-bond donors (Lipinski definition) is 0. The topological polar surface area (TPSA) is 12.4 Å². The maximum atomic E-state index is 4.45. The van der Waals surface area contributed by atoms with E-state index in [9.17, 15) is 0 Å². The fourth-order valence-corrected chi connectivity index (χ4v) is 1.47. The fourth-order valence-electron chi connectivity index (χ4n) is 1.47. The molecule has 0 radical (unpaired) electrons. The summed E-state index contributed by atoms with van der Waals surface area (Å²) in [5, 5.41) is 0. The summed E-state index contributed by atoms with van der Waals surface area (Å²) in [4.78, 5) is 4.45. The minimum Gasteiger partial charge on any atom is -0.289 e. The predicted molar refractivity (Wildman–Crippen MR) is 56.2 cm³/mol. The lowest BCUT2D eigenvalue weighted by Crippen LogP contribution is -2.03. The number of rotatable bonds is 2. The van der Waals surface area contributed by atoms with Crippen molar-refractivity contribution in [2.45, 2.75) is 12.8 Å². The van der Waals surface area contributed by atoms with E-state index >= 15 is 0 Å². The molecule has 1 aromatic rings. The second kappa shape index (κ2) is 4.04. The van der Waals surface area contributed by atoms with Crippen LogP contribution in [0.15, 0.2) is 47.5 Å². The molecule has 0 N–H and O–H groups in total. The van der Waals surface area contributed by atoms with Gasteiger partial charge in [0, 0.05) is 18.7 Å². The summed E-state index contributed by atoms with van der Waals surface area (Å²) < 4.78 is 0. The third-order valence-electron chi connectivity index (χ3n) is 2.15. The van der Waals surface area contributed by atoms with Gasteiger partial charge in [-0.25, -0.2) is 0 Å². The van der Waals surface area contributed by atoms with Crippen LogP contribution in [0.3, 0.4) is 0 Å². The molecule has 1 heteroatoms. The molecule has 0 aromatic heterocycles. The van der Waals surface area contributed by atoms with E-state index in [1.54, 1.807) is 0 Å². The van der Waals surface area contributed by atoms with E-state index in [0.717, 1.165) is 19.4 Å². The lowest BCUT2D eigenvalue weighted by atomic mass is 10.1. The van der Waals surface area contributed by atoms with E-state index < -0.39 is 0 Å². The summed E-state index contributed by atoms with van der Waals surface area (Å²) in [7, 11) is 0. The van der Waals surface area contributed by atoms with Gasteiger partial charge in [0.15, 0.2) is 0 Å². The average Bonchev–Trinajstić information content (AvgIpc) is 2.21. The standard InChI is InChI=1S/C12H13N/c1-2-6-11(7-3-1)10-12-8-4-5-9-13-12/h1-4,6-8H,5,9-10H2. The second-order valence-corrected chi connectivity index (χ2v) is 3.23. The molecule has 0 aliphatic carbocycles. The van der Waals surface area contributed by atoms with Crippen LogP contribution >= 0.6 is 0 Å². The zero-order valence-corrected chi connectivity index (χ0v) is 7.61. The van der Waals surface area contributed by atoms with Crippen molar-refractivity contribution in [1.82, 2.24) is 0 Å². The Morgan fingerprint density at radius 2 is 2.00 bits per heavy atom. The first kappa shape index (κ1) is 8.24. The van der Waals surface area contributed by atoms with Crippen molar-refractivity contribution in [2.75, 3.05) is 6.54 Å². The van der Waals surface area contributed by atoms with Gasteiger partial charge in [-0.1, -0.05) is 36.4 Å². The zero-order chi connectivity index (χ0) is 8.93. The molecule has 1 aliphatic rings. The van der Waals surface area contributed by atoms with Crippen molar-refractivity contribution in [3.8, 4) is 0 Å². The second-order valence-electron chi connectivity index (χ2n) is 3.23. The predicted octanol–water partition coefficient (Wildman–Crippen LogP) is 2.63. The number of aliphatic imine (C=N–C) groups is 1. The molecule has 0 bridgehead atoms. The Hall–Kier alpha value is -1.37. The number of nitrogens with zero attached hydrogens (tertiary/aromatic N) is 1. The van der Waals surface area contributed by atoms with Gasteiger partial charge < -0.3 is 0 Å². The Kier molecular flexibility index (Phi) is 2.56. The van der Waals surface area contributed by atoms with Gasteiger partial charge in [-0.2, -0.15) is 0 Å². The molecule has 1 aromatic carbocycles. The van der Waals surface area contributed by atoms with Crippen molar-refractivity contribution in [3.05, 3.63) is 48.0 Å². The quantitative estimate of drug-likeness (QED) is 0.648. The largest absolute Gasteiger partial charge is 0.289 e. The van der Waals surface area contributed by atoms with Crippen molar-refractivity contribution in [3.63, 3.8) is 0 Å². The van der Waals surface area contributed by atoms with Gasteiger partial charge in [0.2, 0.25) is 0 Å². The Bertz CT molecular complexity index is 322. The van der Waals surface area contributed by atoms with Crippen LogP contribution in [0.25, 0.3) is 0 Å². The Morgan fingerprint density at radius 3 is 2.69 bits per heavy atom. The van der Waals surface area contributed by atoms with Crippen LogP contribution in [-0.2, 0) is 6.42 Å². The summed E-state index contributed by atoms with van der Waals surface area (Å²) in [6, 6.07) is 10.5. The molecule has 0 fully saturated rings. The van der Waals surface area contributed by atoms with Gasteiger partial charge in [0.1, 0.15) is 0 Å². The van der Waals surface area contributed by atoms with Crippen LogP contribution in [0.5, 0.6) is 0 Å². The maximum Gasteiger partial charge on any atom is 0.0427 e. The Morgan fingerprint density at radius 1 is 1.15 bits per heavy atom. The molecule has 0 saturated carbocycles. The Balaban J connectivity index is 2.06. The molecule has 13 heavy (non-hydrogen) atoms. The summed E-state index contributed by atoms with van der Waals surface area (Å²) in [5.74, 6) is 0. The normalized spacial score (nSPS) is 15.5. The first-order chi connectivity index (χ1) is 6.45. The molecule has 2 rings (SSSR count). The maximum absolute atomic E-state index is 4.45. The van der Waals surface area contributed by atoms with E-state index in [1.807, 2.05) is 6.07 Å². The third-order valence-corrected chi connectivity index (χ3v) is 2.15. The highest BCUT2D eigenvalue weighted by Crippen LogP contribution is 2.05. The molecule has 1 heterocycles. The van der Waals surface area contributed by atoms with Crippen LogP contribution in [0.2, 0.25) is 0 Å². The molecule has 1 nitrogen and oxygen atoms in total. The van der Waals surface area contributed by atoms with Crippen molar-refractivity contribution in [2.24, 2.45) is 4.99 Å². The van der Waals surface area contributed by atoms with Crippen molar-refractivity contribution < 1.29 is 0 Å². The average molecular weight is 171 g/mol. The third kappa shape index (κ3) is 2.28. The highest BCUT2D eigenvalue weighted by atomic mass is 14.7. The van der Waals surface area contributed by atoms with E-state index in [0.29, 0.717) is 0 Å². The number of hydrogen-bond acceptors (Lipinski definition) is 1. The van der Waals surface area contributed by atoms with Gasteiger partial charge >= 0.3 is 0 Å². The summed E-state index contributed by atoms with van der Waals surface area (Å²) in [6.45, 7) is 0.957. The summed E-state index contributed by atoms with van der Waals surface area (Å²) >= 11 is 0. The molecule has 1 aliphatic heterocycles. The number of allylic oxidation sites excluding steroid dienone is 1. The Labute approximate surface area is 78.8 Å². The molecule has 0 atom stereocenters. The number of dihydropyridines is 1. The highest BCUT2D eigenvalue weighted by molar-refractivity contribution is 5.96.